The summed E-state index contributed by atoms with van der Waals surface area (Å²) in [5.74, 6) is 1.49. The first-order chi connectivity index (χ1) is 11.8. The van der Waals surface area contributed by atoms with Gasteiger partial charge in [0.05, 0.1) is 18.0 Å². The van der Waals surface area contributed by atoms with E-state index in [9.17, 15) is 4.79 Å². The minimum Gasteiger partial charge on any atom is -0.492 e. The number of carbonyl (C=O) groups excluding carboxylic acids is 1. The van der Waals surface area contributed by atoms with E-state index in [0.717, 1.165) is 25.3 Å². The summed E-state index contributed by atoms with van der Waals surface area (Å²) in [5, 5.41) is 10.4. The van der Waals surface area contributed by atoms with E-state index in [4.69, 9.17) is 9.47 Å². The minimum absolute atomic E-state index is 0.00116. The highest BCUT2D eigenvalue weighted by molar-refractivity contribution is 7.99. The van der Waals surface area contributed by atoms with Crippen molar-refractivity contribution < 1.29 is 14.3 Å². The molecule has 1 aliphatic rings. The predicted molar refractivity (Wildman–Crippen MR) is 91.3 cm³/mol. The van der Waals surface area contributed by atoms with Crippen LogP contribution in [0.5, 0.6) is 5.75 Å². The Morgan fingerprint density at radius 2 is 2.38 bits per heavy atom. The number of para-hydroxylation sites is 2. The number of rotatable bonds is 7. The van der Waals surface area contributed by atoms with Crippen LogP contribution in [0.25, 0.3) is 0 Å². The number of aromatic nitrogens is 3. The van der Waals surface area contributed by atoms with Crippen molar-refractivity contribution in [2.24, 2.45) is 0 Å². The molecule has 128 valence electrons. The Balaban J connectivity index is 1.52. The van der Waals surface area contributed by atoms with Crippen LogP contribution < -0.4 is 10.1 Å². The SMILES string of the molecule is CCOc1ccccc1NC(=O)CSc1n[nH]c([C@H]2CCCO2)n1. The van der Waals surface area contributed by atoms with Gasteiger partial charge in [-0.25, -0.2) is 4.98 Å². The monoisotopic (exact) mass is 348 g/mol. The number of hydrogen-bond acceptors (Lipinski definition) is 6. The van der Waals surface area contributed by atoms with Crippen LogP contribution in [0.3, 0.4) is 0 Å². The van der Waals surface area contributed by atoms with Gasteiger partial charge in [0.15, 0.2) is 5.82 Å². The van der Waals surface area contributed by atoms with Gasteiger partial charge in [0, 0.05) is 6.61 Å². The molecule has 7 nitrogen and oxygen atoms in total. The molecule has 1 atom stereocenters. The lowest BCUT2D eigenvalue weighted by Crippen LogP contribution is -2.15. The molecular weight excluding hydrogens is 328 g/mol. The second kappa shape index (κ2) is 8.16. The molecule has 1 aliphatic heterocycles. The van der Waals surface area contributed by atoms with E-state index in [2.05, 4.69) is 20.5 Å². The number of hydrogen-bond donors (Lipinski definition) is 2. The molecule has 0 spiro atoms. The van der Waals surface area contributed by atoms with Crippen LogP contribution in [0.1, 0.15) is 31.7 Å². The first-order valence-electron chi connectivity index (χ1n) is 7.94. The minimum atomic E-state index is -0.129. The summed E-state index contributed by atoms with van der Waals surface area (Å²) in [7, 11) is 0. The smallest absolute Gasteiger partial charge is 0.234 e. The van der Waals surface area contributed by atoms with Gasteiger partial charge in [-0.1, -0.05) is 23.9 Å². The van der Waals surface area contributed by atoms with Gasteiger partial charge >= 0.3 is 0 Å². The molecule has 1 aromatic heterocycles. The fourth-order valence-corrected chi connectivity index (χ4v) is 3.03. The lowest BCUT2D eigenvalue weighted by Gasteiger charge is -2.10. The third-order valence-corrected chi connectivity index (χ3v) is 4.36. The van der Waals surface area contributed by atoms with E-state index in [-0.39, 0.29) is 17.8 Å². The van der Waals surface area contributed by atoms with Gasteiger partial charge < -0.3 is 14.8 Å². The van der Waals surface area contributed by atoms with Crippen LogP contribution in [0.4, 0.5) is 5.69 Å². The third kappa shape index (κ3) is 4.27. The maximum atomic E-state index is 12.1. The molecule has 0 aliphatic carbocycles. The fourth-order valence-electron chi connectivity index (χ4n) is 2.43. The highest BCUT2D eigenvalue weighted by Crippen LogP contribution is 2.27. The largest absolute Gasteiger partial charge is 0.492 e. The van der Waals surface area contributed by atoms with Crippen molar-refractivity contribution in [3.8, 4) is 5.75 Å². The fraction of sp³-hybridized carbons (Fsp3) is 0.438. The standard InChI is InChI=1S/C16H20N4O3S/c1-2-22-12-7-4-3-6-11(12)17-14(21)10-24-16-18-15(19-20-16)13-8-5-9-23-13/h3-4,6-7,13H,2,5,8-10H2,1H3,(H,17,21)(H,18,19,20)/t13-/m1/s1. The van der Waals surface area contributed by atoms with Gasteiger partial charge in [-0.2, -0.15) is 0 Å². The number of nitrogens with zero attached hydrogens (tertiary/aromatic N) is 2. The average Bonchev–Trinajstić information content (AvgIpc) is 3.26. The van der Waals surface area contributed by atoms with Gasteiger partial charge in [0.2, 0.25) is 11.1 Å². The van der Waals surface area contributed by atoms with Crippen LogP contribution in [0.15, 0.2) is 29.4 Å². The number of amides is 1. The van der Waals surface area contributed by atoms with Crippen LogP contribution in [-0.2, 0) is 9.53 Å². The van der Waals surface area contributed by atoms with Crippen molar-refractivity contribution in [3.05, 3.63) is 30.1 Å². The van der Waals surface area contributed by atoms with Gasteiger partial charge in [-0.05, 0) is 31.9 Å². The summed E-state index contributed by atoms with van der Waals surface area (Å²) in [6.07, 6.45) is 1.99. The molecule has 2 N–H and O–H groups in total. The molecule has 0 bridgehead atoms. The average molecular weight is 348 g/mol. The summed E-state index contributed by atoms with van der Waals surface area (Å²) < 4.78 is 11.1. The van der Waals surface area contributed by atoms with Crippen LogP contribution in [-0.4, -0.2) is 40.1 Å². The molecule has 2 heterocycles. The second-order valence-electron chi connectivity index (χ2n) is 5.27. The van der Waals surface area contributed by atoms with E-state index >= 15 is 0 Å². The highest BCUT2D eigenvalue weighted by atomic mass is 32.2. The van der Waals surface area contributed by atoms with Crippen molar-refractivity contribution in [2.45, 2.75) is 31.0 Å². The molecule has 0 radical (unpaired) electrons. The number of thioether (sulfide) groups is 1. The molecule has 2 aromatic rings. The van der Waals surface area contributed by atoms with Gasteiger partial charge in [-0.3, -0.25) is 9.89 Å². The summed E-state index contributed by atoms with van der Waals surface area (Å²) in [6.45, 7) is 3.21. The first kappa shape index (κ1) is 16.8. The molecule has 1 aromatic carbocycles. The summed E-state index contributed by atoms with van der Waals surface area (Å²) in [5.41, 5.74) is 0.667. The molecule has 1 fully saturated rings. The van der Waals surface area contributed by atoms with Crippen LogP contribution in [0.2, 0.25) is 0 Å². The normalized spacial score (nSPS) is 17.0. The summed E-state index contributed by atoms with van der Waals surface area (Å²) in [6, 6.07) is 7.37. The third-order valence-electron chi connectivity index (χ3n) is 3.51. The van der Waals surface area contributed by atoms with Gasteiger partial charge in [0.1, 0.15) is 11.9 Å². The quantitative estimate of drug-likeness (QED) is 0.748. The van der Waals surface area contributed by atoms with E-state index < -0.39 is 0 Å². The Morgan fingerprint density at radius 3 is 3.17 bits per heavy atom. The van der Waals surface area contributed by atoms with Crippen molar-refractivity contribution in [3.63, 3.8) is 0 Å². The van der Waals surface area contributed by atoms with E-state index in [1.807, 2.05) is 31.2 Å². The van der Waals surface area contributed by atoms with E-state index in [0.29, 0.717) is 23.2 Å². The maximum absolute atomic E-state index is 12.1. The number of benzene rings is 1. The van der Waals surface area contributed by atoms with E-state index in [1.54, 1.807) is 0 Å². The zero-order valence-electron chi connectivity index (χ0n) is 13.4. The van der Waals surface area contributed by atoms with Crippen LogP contribution in [0, 0.1) is 0 Å². The highest BCUT2D eigenvalue weighted by Gasteiger charge is 2.21. The summed E-state index contributed by atoms with van der Waals surface area (Å²) in [4.78, 5) is 16.5. The Labute approximate surface area is 144 Å². The Kier molecular flexibility index (Phi) is 5.71. The number of anilines is 1. The molecule has 0 saturated carbocycles. The number of H-pyrrole nitrogens is 1. The predicted octanol–water partition coefficient (Wildman–Crippen LogP) is 2.79. The Hall–Kier alpha value is -2.06. The number of aromatic amines is 1. The molecule has 1 saturated heterocycles. The zero-order chi connectivity index (χ0) is 16.8. The number of nitrogens with one attached hydrogen (secondary N) is 2. The molecule has 1 amide bonds. The summed E-state index contributed by atoms with van der Waals surface area (Å²) >= 11 is 1.28. The molecule has 24 heavy (non-hydrogen) atoms. The van der Waals surface area contributed by atoms with Gasteiger partial charge in [-0.15, -0.1) is 5.10 Å². The lowest BCUT2D eigenvalue weighted by atomic mass is 10.2. The van der Waals surface area contributed by atoms with Crippen molar-refractivity contribution >= 4 is 23.4 Å². The zero-order valence-corrected chi connectivity index (χ0v) is 14.3. The molecular formula is C16H20N4O3S. The van der Waals surface area contributed by atoms with Gasteiger partial charge in [0.25, 0.3) is 0 Å². The van der Waals surface area contributed by atoms with Crippen molar-refractivity contribution in [2.75, 3.05) is 24.3 Å². The Morgan fingerprint density at radius 1 is 1.50 bits per heavy atom. The van der Waals surface area contributed by atoms with E-state index in [1.165, 1.54) is 11.8 Å². The molecule has 3 rings (SSSR count). The first-order valence-corrected chi connectivity index (χ1v) is 8.93. The Bertz CT molecular complexity index is 685. The topological polar surface area (TPSA) is 89.1 Å². The molecule has 0 unspecified atom stereocenters. The van der Waals surface area contributed by atoms with Crippen molar-refractivity contribution in [1.82, 2.24) is 15.2 Å². The lowest BCUT2D eigenvalue weighted by molar-refractivity contribution is -0.113. The second-order valence-corrected chi connectivity index (χ2v) is 6.21. The number of ether oxygens (including phenoxy) is 2. The maximum Gasteiger partial charge on any atom is 0.234 e. The van der Waals surface area contributed by atoms with Crippen LogP contribution >= 0.6 is 11.8 Å². The molecule has 8 heteroatoms. The van der Waals surface area contributed by atoms with Crippen molar-refractivity contribution in [1.29, 1.82) is 0 Å². The number of carbonyl (C=O) groups is 1.